The minimum Gasteiger partial charge on any atom is -0.497 e. The lowest BCUT2D eigenvalue weighted by Crippen LogP contribution is -2.39. The highest BCUT2D eigenvalue weighted by atomic mass is 16.5. The third kappa shape index (κ3) is 7.51. The molecule has 2 N–H and O–H groups in total. The Morgan fingerprint density at radius 3 is 2.32 bits per heavy atom. The summed E-state index contributed by atoms with van der Waals surface area (Å²) in [7, 11) is 5.48. The second kappa shape index (κ2) is 11.2. The summed E-state index contributed by atoms with van der Waals surface area (Å²) in [6.07, 6.45) is 3.02. The van der Waals surface area contributed by atoms with E-state index in [-0.39, 0.29) is 12.5 Å². The van der Waals surface area contributed by atoms with Gasteiger partial charge >= 0.3 is 0 Å². The third-order valence-electron chi connectivity index (χ3n) is 5.08. The number of nitrogens with zero attached hydrogens (tertiary/aromatic N) is 2. The Morgan fingerprint density at radius 1 is 1.06 bits per heavy atom. The van der Waals surface area contributed by atoms with Crippen molar-refractivity contribution < 1.29 is 14.3 Å². The molecule has 7 nitrogen and oxygen atoms in total. The van der Waals surface area contributed by atoms with E-state index in [1.807, 2.05) is 43.4 Å². The van der Waals surface area contributed by atoms with E-state index < -0.39 is 0 Å². The molecule has 1 fully saturated rings. The van der Waals surface area contributed by atoms with Crippen LogP contribution >= 0.6 is 0 Å². The SMILES string of the molecule is CN=C(NCCc1ccc(OCC(=O)NC2CC2)cc1)N(C)Cc1ccc(OC)cc1. The second-order valence-corrected chi connectivity index (χ2v) is 7.70. The number of guanidine groups is 1. The molecule has 166 valence electrons. The van der Waals surface area contributed by atoms with Crippen LogP contribution in [0.15, 0.2) is 53.5 Å². The van der Waals surface area contributed by atoms with Gasteiger partial charge < -0.3 is 25.0 Å². The van der Waals surface area contributed by atoms with Gasteiger partial charge in [0.1, 0.15) is 11.5 Å². The molecule has 2 aromatic carbocycles. The van der Waals surface area contributed by atoms with Crippen molar-refractivity contribution in [3.05, 3.63) is 59.7 Å². The van der Waals surface area contributed by atoms with Gasteiger partial charge in [0.25, 0.3) is 5.91 Å². The maximum atomic E-state index is 11.7. The molecule has 7 heteroatoms. The van der Waals surface area contributed by atoms with Crippen molar-refractivity contribution in [2.75, 3.05) is 34.4 Å². The lowest BCUT2D eigenvalue weighted by Gasteiger charge is -2.22. The Bertz CT molecular complexity index is 861. The van der Waals surface area contributed by atoms with Crippen molar-refractivity contribution >= 4 is 11.9 Å². The Morgan fingerprint density at radius 2 is 1.71 bits per heavy atom. The standard InChI is InChI=1S/C24H32N4O3/c1-25-24(28(2)16-19-6-10-21(30-3)11-7-19)26-15-14-18-4-12-22(13-5-18)31-17-23(29)27-20-8-9-20/h4-7,10-13,20H,8-9,14-17H2,1-3H3,(H,25,26)(H,27,29). The molecular weight excluding hydrogens is 392 g/mol. The third-order valence-corrected chi connectivity index (χ3v) is 5.08. The zero-order valence-corrected chi connectivity index (χ0v) is 18.6. The summed E-state index contributed by atoms with van der Waals surface area (Å²) in [5.74, 6) is 2.35. The highest BCUT2D eigenvalue weighted by Gasteiger charge is 2.23. The molecule has 3 rings (SSSR count). The van der Waals surface area contributed by atoms with Crippen LogP contribution in [0.4, 0.5) is 0 Å². The largest absolute Gasteiger partial charge is 0.497 e. The number of benzene rings is 2. The molecule has 1 amide bonds. The smallest absolute Gasteiger partial charge is 0.258 e. The number of ether oxygens (including phenoxy) is 2. The highest BCUT2D eigenvalue weighted by molar-refractivity contribution is 5.79. The van der Waals surface area contributed by atoms with Gasteiger partial charge in [0, 0.05) is 33.2 Å². The van der Waals surface area contributed by atoms with Gasteiger partial charge in [-0.15, -0.1) is 0 Å². The number of aliphatic imine (C=N–C) groups is 1. The first-order chi connectivity index (χ1) is 15.1. The number of rotatable bonds is 10. The van der Waals surface area contributed by atoms with E-state index in [1.54, 1.807) is 14.2 Å². The molecule has 0 spiro atoms. The number of carbonyl (C=O) groups excluding carboxylic acids is 1. The van der Waals surface area contributed by atoms with Gasteiger partial charge in [0.15, 0.2) is 12.6 Å². The predicted molar refractivity (Wildman–Crippen MR) is 123 cm³/mol. The summed E-state index contributed by atoms with van der Waals surface area (Å²) >= 11 is 0. The number of nitrogens with one attached hydrogen (secondary N) is 2. The normalized spacial score (nSPS) is 13.5. The van der Waals surface area contributed by atoms with Gasteiger partial charge in [0.2, 0.25) is 0 Å². The Hall–Kier alpha value is -3.22. The molecule has 1 saturated carbocycles. The van der Waals surface area contributed by atoms with E-state index in [0.717, 1.165) is 44.1 Å². The van der Waals surface area contributed by atoms with E-state index in [2.05, 4.69) is 32.7 Å². The summed E-state index contributed by atoms with van der Waals surface area (Å²) < 4.78 is 10.8. The van der Waals surface area contributed by atoms with Crippen molar-refractivity contribution in [2.45, 2.75) is 31.8 Å². The van der Waals surface area contributed by atoms with E-state index >= 15 is 0 Å². The van der Waals surface area contributed by atoms with E-state index in [0.29, 0.717) is 11.8 Å². The Balaban J connectivity index is 1.39. The summed E-state index contributed by atoms with van der Waals surface area (Å²) in [5.41, 5.74) is 2.38. The molecule has 0 bridgehead atoms. The number of hydrogen-bond acceptors (Lipinski definition) is 4. The van der Waals surface area contributed by atoms with Gasteiger partial charge in [-0.2, -0.15) is 0 Å². The molecule has 0 radical (unpaired) electrons. The average Bonchev–Trinajstić information content (AvgIpc) is 3.60. The van der Waals surface area contributed by atoms with Gasteiger partial charge in [-0.05, 0) is 54.7 Å². The van der Waals surface area contributed by atoms with Crippen LogP contribution in [-0.2, 0) is 17.8 Å². The molecule has 0 saturated heterocycles. The Kier molecular flexibility index (Phi) is 8.15. The molecule has 0 heterocycles. The number of methoxy groups -OCH3 is 1. The quantitative estimate of drug-likeness (QED) is 0.453. The first-order valence-electron chi connectivity index (χ1n) is 10.6. The van der Waals surface area contributed by atoms with Gasteiger partial charge in [-0.25, -0.2) is 0 Å². The van der Waals surface area contributed by atoms with Gasteiger partial charge in [-0.3, -0.25) is 9.79 Å². The van der Waals surface area contributed by atoms with E-state index in [9.17, 15) is 4.79 Å². The molecule has 2 aromatic rings. The zero-order valence-electron chi connectivity index (χ0n) is 18.6. The molecule has 0 unspecified atom stereocenters. The molecule has 1 aliphatic carbocycles. The maximum absolute atomic E-state index is 11.7. The molecule has 31 heavy (non-hydrogen) atoms. The van der Waals surface area contributed by atoms with Crippen molar-refractivity contribution in [1.82, 2.24) is 15.5 Å². The fourth-order valence-electron chi connectivity index (χ4n) is 3.18. The zero-order chi connectivity index (χ0) is 22.1. The van der Waals surface area contributed by atoms with Crippen LogP contribution in [0.3, 0.4) is 0 Å². The molecule has 0 aromatic heterocycles. The van der Waals surface area contributed by atoms with Crippen molar-refractivity contribution in [2.24, 2.45) is 4.99 Å². The van der Waals surface area contributed by atoms with E-state index in [4.69, 9.17) is 9.47 Å². The van der Waals surface area contributed by atoms with Gasteiger partial charge in [-0.1, -0.05) is 24.3 Å². The average molecular weight is 425 g/mol. The summed E-state index contributed by atoms with van der Waals surface area (Å²) in [6, 6.07) is 16.3. The highest BCUT2D eigenvalue weighted by Crippen LogP contribution is 2.18. The predicted octanol–water partition coefficient (Wildman–Crippen LogP) is 2.60. The molecule has 0 atom stereocenters. The second-order valence-electron chi connectivity index (χ2n) is 7.70. The van der Waals surface area contributed by atoms with Gasteiger partial charge in [0.05, 0.1) is 7.11 Å². The van der Waals surface area contributed by atoms with Crippen LogP contribution in [0, 0.1) is 0 Å². The number of hydrogen-bond donors (Lipinski definition) is 2. The fraction of sp³-hybridized carbons (Fsp3) is 0.417. The molecular formula is C24H32N4O3. The summed E-state index contributed by atoms with van der Waals surface area (Å²) in [5, 5.41) is 6.32. The molecule has 1 aliphatic rings. The topological polar surface area (TPSA) is 75.2 Å². The minimum atomic E-state index is -0.0547. The minimum absolute atomic E-state index is 0.0547. The van der Waals surface area contributed by atoms with Crippen LogP contribution < -0.4 is 20.1 Å². The van der Waals surface area contributed by atoms with Crippen LogP contribution in [0.25, 0.3) is 0 Å². The summed E-state index contributed by atoms with van der Waals surface area (Å²) in [6.45, 7) is 1.59. The van der Waals surface area contributed by atoms with Crippen LogP contribution in [0.2, 0.25) is 0 Å². The molecule has 0 aliphatic heterocycles. The lowest BCUT2D eigenvalue weighted by molar-refractivity contribution is -0.123. The first-order valence-corrected chi connectivity index (χ1v) is 10.6. The van der Waals surface area contributed by atoms with Crippen molar-refractivity contribution in [3.63, 3.8) is 0 Å². The first kappa shape index (κ1) is 22.5. The van der Waals surface area contributed by atoms with Crippen LogP contribution in [-0.4, -0.2) is 57.2 Å². The van der Waals surface area contributed by atoms with Crippen LogP contribution in [0.1, 0.15) is 24.0 Å². The summed E-state index contributed by atoms with van der Waals surface area (Å²) in [4.78, 5) is 18.2. The maximum Gasteiger partial charge on any atom is 0.258 e. The van der Waals surface area contributed by atoms with Crippen molar-refractivity contribution in [1.29, 1.82) is 0 Å². The monoisotopic (exact) mass is 424 g/mol. The number of amides is 1. The van der Waals surface area contributed by atoms with E-state index in [1.165, 1.54) is 11.1 Å². The number of carbonyl (C=O) groups is 1. The fourth-order valence-corrected chi connectivity index (χ4v) is 3.18. The Labute approximate surface area is 184 Å². The lowest BCUT2D eigenvalue weighted by atomic mass is 10.1. The van der Waals surface area contributed by atoms with Crippen LogP contribution in [0.5, 0.6) is 11.5 Å². The van der Waals surface area contributed by atoms with Crippen molar-refractivity contribution in [3.8, 4) is 11.5 Å².